The maximum absolute atomic E-state index is 13.1. The zero-order valence-corrected chi connectivity index (χ0v) is 18.7. The zero-order valence-electron chi connectivity index (χ0n) is 17.0. The Morgan fingerprint density at radius 3 is 2.57 bits per heavy atom. The summed E-state index contributed by atoms with van der Waals surface area (Å²) in [4.78, 5) is 6.36. The van der Waals surface area contributed by atoms with E-state index in [0.29, 0.717) is 30.4 Å². The van der Waals surface area contributed by atoms with Crippen LogP contribution in [-0.4, -0.2) is 53.1 Å². The van der Waals surface area contributed by atoms with Crippen LogP contribution < -0.4 is 4.90 Å². The van der Waals surface area contributed by atoms with Gasteiger partial charge in [0.05, 0.1) is 18.0 Å². The van der Waals surface area contributed by atoms with Crippen molar-refractivity contribution in [3.05, 3.63) is 66.1 Å². The first-order valence-corrected chi connectivity index (χ1v) is 12.2. The van der Waals surface area contributed by atoms with Crippen molar-refractivity contribution in [2.45, 2.75) is 36.2 Å². The van der Waals surface area contributed by atoms with Gasteiger partial charge < -0.3 is 14.6 Å². The van der Waals surface area contributed by atoms with E-state index in [1.54, 1.807) is 48.2 Å². The summed E-state index contributed by atoms with van der Waals surface area (Å²) in [5, 5.41) is 12.0. The fourth-order valence-electron chi connectivity index (χ4n) is 3.78. The van der Waals surface area contributed by atoms with Gasteiger partial charge >= 0.3 is 0 Å². The molecule has 0 saturated carbocycles. The Morgan fingerprint density at radius 2 is 1.97 bits per heavy atom. The second-order valence-electron chi connectivity index (χ2n) is 8.01. The monoisotopic (exact) mass is 446 g/mol. The minimum atomic E-state index is -3.49. The van der Waals surface area contributed by atoms with Crippen LogP contribution in [0.5, 0.6) is 0 Å². The molecule has 0 spiro atoms. The Bertz CT molecular complexity index is 1060. The van der Waals surface area contributed by atoms with Gasteiger partial charge in [-0.1, -0.05) is 18.2 Å². The van der Waals surface area contributed by atoms with Gasteiger partial charge in [-0.3, -0.25) is 0 Å². The number of hydrogen-bond acceptors (Lipinski definition) is 6. The number of aliphatic hydroxyl groups is 1. The van der Waals surface area contributed by atoms with Crippen molar-refractivity contribution in [3.63, 3.8) is 0 Å². The molecule has 0 amide bonds. The minimum absolute atomic E-state index is 0.0457. The van der Waals surface area contributed by atoms with Crippen LogP contribution in [0.4, 0.5) is 5.69 Å². The number of imidazole rings is 1. The summed E-state index contributed by atoms with van der Waals surface area (Å²) in [7, 11) is -3.49. The quantitative estimate of drug-likeness (QED) is 0.630. The van der Waals surface area contributed by atoms with E-state index < -0.39 is 15.6 Å². The highest BCUT2D eigenvalue weighted by atomic mass is 32.2. The van der Waals surface area contributed by atoms with Crippen molar-refractivity contribution in [1.29, 1.82) is 0 Å². The molecule has 0 aliphatic carbocycles. The Kier molecular flexibility index (Phi) is 5.71. The highest BCUT2D eigenvalue weighted by molar-refractivity contribution is 7.91. The molecule has 1 aromatic carbocycles. The average Bonchev–Trinajstić information content (AvgIpc) is 3.42. The topological polar surface area (TPSA) is 78.7 Å². The molecule has 160 valence electrons. The number of thiophene rings is 1. The van der Waals surface area contributed by atoms with Crippen LogP contribution in [0.1, 0.15) is 19.4 Å². The highest BCUT2D eigenvalue weighted by Gasteiger charge is 2.35. The number of benzene rings is 1. The third-order valence-electron chi connectivity index (χ3n) is 5.42. The van der Waals surface area contributed by atoms with Gasteiger partial charge in [0.2, 0.25) is 0 Å². The average molecular weight is 447 g/mol. The van der Waals surface area contributed by atoms with Crippen molar-refractivity contribution in [2.24, 2.45) is 0 Å². The van der Waals surface area contributed by atoms with E-state index in [2.05, 4.69) is 9.88 Å². The molecule has 1 N–H and O–H groups in total. The van der Waals surface area contributed by atoms with Crippen molar-refractivity contribution < 1.29 is 13.5 Å². The molecule has 1 aliphatic rings. The Labute approximate surface area is 181 Å². The lowest BCUT2D eigenvalue weighted by atomic mass is 9.98. The Hall–Kier alpha value is -2.20. The van der Waals surface area contributed by atoms with Crippen LogP contribution in [0.3, 0.4) is 0 Å². The maximum Gasteiger partial charge on any atom is 0.252 e. The number of hydrogen-bond donors (Lipinski definition) is 1. The van der Waals surface area contributed by atoms with Gasteiger partial charge in [0.25, 0.3) is 10.0 Å². The van der Waals surface area contributed by atoms with Crippen LogP contribution in [0.15, 0.2) is 64.7 Å². The number of sulfonamides is 1. The van der Waals surface area contributed by atoms with E-state index in [0.717, 1.165) is 11.3 Å². The van der Waals surface area contributed by atoms with Gasteiger partial charge in [-0.25, -0.2) is 13.4 Å². The van der Waals surface area contributed by atoms with Gasteiger partial charge in [-0.05, 0) is 43.0 Å². The van der Waals surface area contributed by atoms with E-state index in [1.807, 2.05) is 35.0 Å². The third kappa shape index (κ3) is 4.29. The van der Waals surface area contributed by atoms with Crippen molar-refractivity contribution in [3.8, 4) is 0 Å². The molecule has 1 fully saturated rings. The number of aromatic nitrogens is 2. The van der Waals surface area contributed by atoms with Gasteiger partial charge in [0.15, 0.2) is 0 Å². The molecule has 1 saturated heterocycles. The Morgan fingerprint density at radius 1 is 1.20 bits per heavy atom. The lowest BCUT2D eigenvalue weighted by Crippen LogP contribution is -2.56. The number of nitrogens with zero attached hydrogens (tertiary/aromatic N) is 4. The summed E-state index contributed by atoms with van der Waals surface area (Å²) in [6.07, 6.45) is 5.37. The SMILES string of the molecule is CC(C)(O)c1ccc(N2CCN(S(=O)(=O)c3cccs3)C[C@@H]2Cn2ccnc2)cc1. The second-order valence-corrected chi connectivity index (χ2v) is 11.1. The number of anilines is 1. The van der Waals surface area contributed by atoms with Gasteiger partial charge in [-0.2, -0.15) is 4.31 Å². The molecule has 7 nitrogen and oxygen atoms in total. The molecule has 1 aliphatic heterocycles. The van der Waals surface area contributed by atoms with E-state index in [9.17, 15) is 13.5 Å². The van der Waals surface area contributed by atoms with Crippen molar-refractivity contribution >= 4 is 27.0 Å². The van der Waals surface area contributed by atoms with Crippen LogP contribution >= 0.6 is 11.3 Å². The molecule has 2 aromatic heterocycles. The smallest absolute Gasteiger partial charge is 0.252 e. The van der Waals surface area contributed by atoms with Gasteiger partial charge in [0, 0.05) is 44.3 Å². The van der Waals surface area contributed by atoms with Gasteiger partial charge in [-0.15, -0.1) is 11.3 Å². The lowest BCUT2D eigenvalue weighted by molar-refractivity contribution is 0.0786. The maximum atomic E-state index is 13.1. The summed E-state index contributed by atoms with van der Waals surface area (Å²) >= 11 is 1.25. The summed E-state index contributed by atoms with van der Waals surface area (Å²) in [6.45, 7) is 5.56. The molecule has 0 radical (unpaired) electrons. The third-order valence-corrected chi connectivity index (χ3v) is 8.66. The first-order valence-electron chi connectivity index (χ1n) is 9.84. The first-order chi connectivity index (χ1) is 14.2. The van der Waals surface area contributed by atoms with Crippen molar-refractivity contribution in [1.82, 2.24) is 13.9 Å². The minimum Gasteiger partial charge on any atom is -0.386 e. The summed E-state index contributed by atoms with van der Waals surface area (Å²) in [5.41, 5.74) is 0.958. The van der Waals surface area contributed by atoms with Crippen LogP contribution in [0.2, 0.25) is 0 Å². The molecule has 30 heavy (non-hydrogen) atoms. The van der Waals surface area contributed by atoms with Crippen LogP contribution in [0.25, 0.3) is 0 Å². The second kappa shape index (κ2) is 8.14. The molecule has 0 bridgehead atoms. The first kappa shape index (κ1) is 21.0. The summed E-state index contributed by atoms with van der Waals surface area (Å²) in [5.74, 6) is 0. The van der Waals surface area contributed by atoms with Crippen LogP contribution in [-0.2, 0) is 22.2 Å². The zero-order chi connectivity index (χ0) is 21.4. The molecule has 1 atom stereocenters. The normalized spacial score (nSPS) is 18.6. The van der Waals surface area contributed by atoms with Gasteiger partial charge in [0.1, 0.15) is 4.21 Å². The lowest BCUT2D eigenvalue weighted by Gasteiger charge is -2.42. The van der Waals surface area contributed by atoms with E-state index in [1.165, 1.54) is 11.3 Å². The van der Waals surface area contributed by atoms with E-state index >= 15 is 0 Å². The molecule has 0 unspecified atom stereocenters. The molecule has 3 heterocycles. The van der Waals surface area contributed by atoms with Crippen molar-refractivity contribution in [2.75, 3.05) is 24.5 Å². The largest absolute Gasteiger partial charge is 0.386 e. The molecule has 4 rings (SSSR count). The summed E-state index contributed by atoms with van der Waals surface area (Å²) in [6, 6.07) is 11.2. The fraction of sp³-hybridized carbons (Fsp3) is 0.381. The molecule has 3 aromatic rings. The van der Waals surface area contributed by atoms with E-state index in [4.69, 9.17) is 0 Å². The standard InChI is InChI=1S/C21H26N4O3S2/c1-21(2,26)17-5-7-18(8-6-17)25-12-11-24(30(27,28)20-4-3-13-29-20)15-19(25)14-23-10-9-22-16-23/h3-10,13,16,19,26H,11-12,14-15H2,1-2H3/t19-/m0/s1. The molecular weight excluding hydrogens is 420 g/mol. The number of rotatable bonds is 6. The number of piperazine rings is 1. The van der Waals surface area contributed by atoms with E-state index in [-0.39, 0.29) is 6.04 Å². The van der Waals surface area contributed by atoms with Crippen LogP contribution in [0, 0.1) is 0 Å². The molecule has 9 heteroatoms. The predicted octanol–water partition coefficient (Wildman–Crippen LogP) is 2.75. The highest BCUT2D eigenvalue weighted by Crippen LogP contribution is 2.29. The fourth-order valence-corrected chi connectivity index (χ4v) is 6.39. The predicted molar refractivity (Wildman–Crippen MR) is 118 cm³/mol. The summed E-state index contributed by atoms with van der Waals surface area (Å²) < 4.78 is 30.1. The molecular formula is C21H26N4O3S2. The Balaban J connectivity index is 1.61.